The highest BCUT2D eigenvalue weighted by Gasteiger charge is 2.24. The normalized spacial score (nSPS) is 14.8. The molecule has 0 radical (unpaired) electrons. The standard InChI is InChI=1S/C48H35N3O2/c49-29-30-13-9-16-32(28-27-30)48-50-43-40-19-7-8-26-42(40)52-47(43)44(51-48)41-25-12-24-39-38-23-11-22-37(45(38)53-46(39)41)36-21-10-20-34-33-17-6-5-15-31(33)14-3-1-2-4-18-35(34)36/h5-8,10-13,15-17,19-28H,1-4,9,14,18H2. The molecule has 2 aliphatic carbocycles. The summed E-state index contributed by atoms with van der Waals surface area (Å²) >= 11 is 0. The summed E-state index contributed by atoms with van der Waals surface area (Å²) in [6.45, 7) is 0. The third-order valence-electron chi connectivity index (χ3n) is 10.9. The van der Waals surface area contributed by atoms with E-state index >= 15 is 0 Å². The van der Waals surface area contributed by atoms with Crippen LogP contribution in [-0.4, -0.2) is 9.97 Å². The molecule has 0 unspecified atom stereocenters. The van der Waals surface area contributed by atoms with Gasteiger partial charge in [0.15, 0.2) is 11.4 Å². The number of rotatable bonds is 3. The second kappa shape index (κ2) is 12.9. The molecule has 0 saturated carbocycles. The minimum Gasteiger partial charge on any atom is -0.455 e. The Labute approximate surface area is 307 Å². The number of fused-ring (bicyclic) bond motifs is 9. The van der Waals surface area contributed by atoms with Crippen molar-refractivity contribution in [1.29, 1.82) is 5.26 Å². The number of hydrogen-bond acceptors (Lipinski definition) is 5. The first-order valence-electron chi connectivity index (χ1n) is 18.6. The molecule has 254 valence electrons. The predicted octanol–water partition coefficient (Wildman–Crippen LogP) is 12.7. The van der Waals surface area contributed by atoms with Crippen LogP contribution in [0.3, 0.4) is 0 Å². The third-order valence-corrected chi connectivity index (χ3v) is 10.9. The zero-order chi connectivity index (χ0) is 35.3. The molecule has 0 atom stereocenters. The van der Waals surface area contributed by atoms with Gasteiger partial charge in [-0.05, 0) is 84.2 Å². The van der Waals surface area contributed by atoms with E-state index < -0.39 is 0 Å². The predicted molar refractivity (Wildman–Crippen MR) is 214 cm³/mol. The van der Waals surface area contributed by atoms with E-state index in [1.165, 1.54) is 47.1 Å². The van der Waals surface area contributed by atoms with Crippen LogP contribution in [0.15, 0.2) is 142 Å². The number of allylic oxidation sites excluding steroid dienone is 6. The number of benzene rings is 5. The van der Waals surface area contributed by atoms with Crippen LogP contribution < -0.4 is 0 Å². The fraction of sp³-hybridized carbons (Fsp3) is 0.146. The quantitative estimate of drug-likeness (QED) is 0.185. The van der Waals surface area contributed by atoms with E-state index in [-0.39, 0.29) is 0 Å². The number of aromatic nitrogens is 2. The van der Waals surface area contributed by atoms with Crippen LogP contribution in [0, 0.1) is 11.3 Å². The molecule has 53 heavy (non-hydrogen) atoms. The number of hydrogen-bond donors (Lipinski definition) is 0. The van der Waals surface area contributed by atoms with Gasteiger partial charge in [-0.3, -0.25) is 0 Å². The van der Waals surface area contributed by atoms with E-state index in [2.05, 4.69) is 91.0 Å². The summed E-state index contributed by atoms with van der Waals surface area (Å²) < 4.78 is 13.6. The van der Waals surface area contributed by atoms with Crippen molar-refractivity contribution in [1.82, 2.24) is 9.97 Å². The lowest BCUT2D eigenvalue weighted by molar-refractivity contribution is 0.638. The molecule has 0 spiro atoms. The Hall–Kier alpha value is -6.51. The van der Waals surface area contributed by atoms with E-state index in [0.29, 0.717) is 29.1 Å². The molecule has 5 aromatic carbocycles. The summed E-state index contributed by atoms with van der Waals surface area (Å²) in [6.07, 6.45) is 15.4. The van der Waals surface area contributed by atoms with Crippen LogP contribution in [0.4, 0.5) is 0 Å². The Bertz CT molecular complexity index is 2890. The Morgan fingerprint density at radius 2 is 1.23 bits per heavy atom. The van der Waals surface area contributed by atoms with Gasteiger partial charge in [-0.25, -0.2) is 9.97 Å². The first kappa shape index (κ1) is 31.2. The summed E-state index contributed by atoms with van der Waals surface area (Å²) in [5.74, 6) is 0.576. The SMILES string of the molecule is N#CC1=CCC=C(c2nc(-c3cccc4c3oc3c(-c5cccc6c5CCCCCCc5ccccc5-6)cccc34)c3oc4ccccc4c3n2)C=C1. The molecule has 5 nitrogen and oxygen atoms in total. The van der Waals surface area contributed by atoms with Crippen LogP contribution in [-0.2, 0) is 12.8 Å². The van der Waals surface area contributed by atoms with Gasteiger partial charge in [-0.2, -0.15) is 5.26 Å². The summed E-state index contributed by atoms with van der Waals surface area (Å²) in [4.78, 5) is 10.3. The second-order valence-electron chi connectivity index (χ2n) is 14.0. The Kier molecular flexibility index (Phi) is 7.61. The lowest BCUT2D eigenvalue weighted by Crippen LogP contribution is -2.00. The van der Waals surface area contributed by atoms with Gasteiger partial charge >= 0.3 is 0 Å². The van der Waals surface area contributed by atoms with Gasteiger partial charge < -0.3 is 8.83 Å². The van der Waals surface area contributed by atoms with Crippen molar-refractivity contribution in [3.8, 4) is 39.6 Å². The fourth-order valence-corrected chi connectivity index (χ4v) is 8.33. The number of nitrogens with zero attached hydrogens (tertiary/aromatic N) is 3. The van der Waals surface area contributed by atoms with Crippen molar-refractivity contribution in [2.45, 2.75) is 44.9 Å². The van der Waals surface area contributed by atoms with Crippen molar-refractivity contribution in [3.63, 3.8) is 0 Å². The summed E-state index contributed by atoms with van der Waals surface area (Å²) in [7, 11) is 0. The summed E-state index contributed by atoms with van der Waals surface area (Å²) in [5, 5.41) is 12.6. The van der Waals surface area contributed by atoms with E-state index in [1.807, 2.05) is 42.5 Å². The lowest BCUT2D eigenvalue weighted by atomic mass is 9.85. The molecule has 3 heterocycles. The average molecular weight is 686 g/mol. The van der Waals surface area contributed by atoms with Gasteiger partial charge in [0.05, 0.1) is 6.07 Å². The molecular formula is C48H35N3O2. The lowest BCUT2D eigenvalue weighted by Gasteiger charge is -2.19. The maximum atomic E-state index is 9.55. The molecule has 0 aliphatic heterocycles. The van der Waals surface area contributed by atoms with Crippen LogP contribution >= 0.6 is 0 Å². The van der Waals surface area contributed by atoms with Gasteiger partial charge in [0.1, 0.15) is 28.0 Å². The van der Waals surface area contributed by atoms with E-state index in [9.17, 15) is 5.26 Å². The van der Waals surface area contributed by atoms with Gasteiger partial charge in [-0.1, -0.05) is 116 Å². The largest absolute Gasteiger partial charge is 0.455 e. The zero-order valence-corrected chi connectivity index (χ0v) is 29.2. The monoisotopic (exact) mass is 685 g/mol. The van der Waals surface area contributed by atoms with E-state index in [4.69, 9.17) is 18.8 Å². The summed E-state index contributed by atoms with van der Waals surface area (Å²) in [5.41, 5.74) is 14.6. The first-order valence-corrected chi connectivity index (χ1v) is 18.6. The van der Waals surface area contributed by atoms with Gasteiger partial charge in [-0.15, -0.1) is 0 Å². The van der Waals surface area contributed by atoms with Crippen molar-refractivity contribution in [3.05, 3.63) is 150 Å². The smallest absolute Gasteiger partial charge is 0.180 e. The van der Waals surface area contributed by atoms with E-state index in [0.717, 1.165) is 74.4 Å². The Balaban J connectivity index is 1.20. The van der Waals surface area contributed by atoms with Gasteiger partial charge in [0.25, 0.3) is 0 Å². The van der Waals surface area contributed by atoms with Gasteiger partial charge in [0, 0.05) is 38.4 Å². The van der Waals surface area contributed by atoms with Crippen LogP contribution in [0.5, 0.6) is 0 Å². The molecule has 5 heteroatoms. The molecule has 0 N–H and O–H groups in total. The number of furan rings is 2. The minimum atomic E-state index is 0.576. The number of aryl methyl sites for hydroxylation is 1. The molecule has 0 fully saturated rings. The molecule has 0 saturated heterocycles. The van der Waals surface area contributed by atoms with Crippen LogP contribution in [0.2, 0.25) is 0 Å². The Morgan fingerprint density at radius 1 is 0.547 bits per heavy atom. The van der Waals surface area contributed by atoms with Crippen molar-refractivity contribution < 1.29 is 8.83 Å². The van der Waals surface area contributed by atoms with E-state index in [1.54, 1.807) is 0 Å². The highest BCUT2D eigenvalue weighted by atomic mass is 16.3. The number of para-hydroxylation sites is 3. The molecule has 3 aromatic heterocycles. The second-order valence-corrected chi connectivity index (χ2v) is 14.0. The molecule has 10 rings (SSSR count). The topological polar surface area (TPSA) is 75.8 Å². The van der Waals surface area contributed by atoms with Crippen molar-refractivity contribution in [2.24, 2.45) is 0 Å². The molecular weight excluding hydrogens is 651 g/mol. The fourth-order valence-electron chi connectivity index (χ4n) is 8.33. The maximum Gasteiger partial charge on any atom is 0.180 e. The maximum absolute atomic E-state index is 9.55. The molecule has 2 aliphatic rings. The van der Waals surface area contributed by atoms with Crippen molar-refractivity contribution in [2.75, 3.05) is 0 Å². The molecule has 8 aromatic rings. The highest BCUT2D eigenvalue weighted by Crippen LogP contribution is 2.44. The third kappa shape index (κ3) is 5.29. The molecule has 0 bridgehead atoms. The summed E-state index contributed by atoms with van der Waals surface area (Å²) in [6, 6.07) is 38.8. The average Bonchev–Trinajstić information content (AvgIpc) is 3.68. The zero-order valence-electron chi connectivity index (χ0n) is 29.2. The van der Waals surface area contributed by atoms with Crippen molar-refractivity contribution >= 4 is 49.6 Å². The molecule has 0 amide bonds. The minimum absolute atomic E-state index is 0.576. The van der Waals surface area contributed by atoms with Crippen LogP contribution in [0.25, 0.3) is 83.1 Å². The Morgan fingerprint density at radius 3 is 2.09 bits per heavy atom. The highest BCUT2D eigenvalue weighted by molar-refractivity contribution is 6.15. The van der Waals surface area contributed by atoms with Crippen LogP contribution in [0.1, 0.15) is 49.1 Å². The first-order chi connectivity index (χ1) is 26.2. The number of nitriles is 1. The van der Waals surface area contributed by atoms with Gasteiger partial charge in [0.2, 0.25) is 0 Å².